The van der Waals surface area contributed by atoms with Crippen LogP contribution in [0, 0.1) is 0 Å². The molecule has 1 amide bonds. The molecular weight excluding hydrogens is 260 g/mol. The Labute approximate surface area is 125 Å². The topological polar surface area (TPSA) is 32.3 Å². The summed E-state index contributed by atoms with van der Waals surface area (Å²) in [7, 11) is 0. The number of nitrogens with zero attached hydrogens (tertiary/aromatic N) is 1. The molecule has 3 heteroatoms. The molecule has 1 aliphatic heterocycles. The van der Waals surface area contributed by atoms with E-state index in [0.717, 1.165) is 24.2 Å². The second-order valence-electron chi connectivity index (χ2n) is 5.39. The monoisotopic (exact) mass is 280 g/mol. The highest BCUT2D eigenvalue weighted by atomic mass is 16.2. The average Bonchev–Trinajstić information content (AvgIpc) is 3.00. The Morgan fingerprint density at radius 2 is 1.86 bits per heavy atom. The molecule has 0 radical (unpaired) electrons. The maximum Gasteiger partial charge on any atom is 0.254 e. The van der Waals surface area contributed by atoms with E-state index in [1.807, 2.05) is 42.2 Å². The normalized spacial score (nSPS) is 13.0. The molecule has 0 saturated heterocycles. The highest BCUT2D eigenvalue weighted by Crippen LogP contribution is 2.18. The average molecular weight is 280 g/mol. The lowest BCUT2D eigenvalue weighted by molar-refractivity contribution is 0.0752. The van der Waals surface area contributed by atoms with Crippen molar-refractivity contribution in [1.82, 2.24) is 10.2 Å². The van der Waals surface area contributed by atoms with Crippen LogP contribution in [0.5, 0.6) is 0 Å². The fourth-order valence-electron chi connectivity index (χ4n) is 2.74. The summed E-state index contributed by atoms with van der Waals surface area (Å²) in [4.78, 5) is 14.6. The number of fused-ring (bicyclic) bond motifs is 1. The van der Waals surface area contributed by atoms with Crippen molar-refractivity contribution >= 4 is 5.91 Å². The number of amides is 1. The van der Waals surface area contributed by atoms with Crippen LogP contribution in [0.3, 0.4) is 0 Å². The van der Waals surface area contributed by atoms with Crippen molar-refractivity contribution in [2.24, 2.45) is 0 Å². The third-order valence-electron chi connectivity index (χ3n) is 3.97. The zero-order valence-corrected chi connectivity index (χ0v) is 12.3. The van der Waals surface area contributed by atoms with Gasteiger partial charge in [0, 0.05) is 31.7 Å². The molecular formula is C18H20N2O. The van der Waals surface area contributed by atoms with Gasteiger partial charge in [0.25, 0.3) is 5.91 Å². The molecule has 2 aromatic rings. The van der Waals surface area contributed by atoms with Crippen LogP contribution in [0.2, 0.25) is 0 Å². The molecule has 0 spiro atoms. The maximum absolute atomic E-state index is 12.7. The van der Waals surface area contributed by atoms with E-state index in [0.29, 0.717) is 13.1 Å². The summed E-state index contributed by atoms with van der Waals surface area (Å²) in [5, 5.41) is 3.31. The van der Waals surface area contributed by atoms with Crippen molar-refractivity contribution in [3.8, 4) is 0 Å². The minimum Gasteiger partial charge on any atom is -0.335 e. The number of carbonyl (C=O) groups excluding carboxylic acids is 1. The smallest absolute Gasteiger partial charge is 0.254 e. The highest BCUT2D eigenvalue weighted by molar-refractivity contribution is 5.94. The summed E-state index contributed by atoms with van der Waals surface area (Å²) in [5.41, 5.74) is 4.50. The summed E-state index contributed by atoms with van der Waals surface area (Å²) >= 11 is 0. The lowest BCUT2D eigenvalue weighted by atomic mass is 10.1. The van der Waals surface area contributed by atoms with E-state index >= 15 is 0 Å². The first-order chi connectivity index (χ1) is 10.3. The lowest BCUT2D eigenvalue weighted by Crippen LogP contribution is -2.30. The van der Waals surface area contributed by atoms with Crippen molar-refractivity contribution in [3.05, 3.63) is 70.8 Å². The van der Waals surface area contributed by atoms with Gasteiger partial charge in [-0.2, -0.15) is 0 Å². The van der Waals surface area contributed by atoms with Gasteiger partial charge in [-0.15, -0.1) is 0 Å². The second-order valence-corrected chi connectivity index (χ2v) is 5.39. The van der Waals surface area contributed by atoms with Crippen molar-refractivity contribution in [2.75, 3.05) is 6.54 Å². The van der Waals surface area contributed by atoms with Crippen LogP contribution < -0.4 is 5.32 Å². The predicted octanol–water partition coefficient (Wildman–Crippen LogP) is 2.95. The number of rotatable bonds is 4. The van der Waals surface area contributed by atoms with E-state index in [-0.39, 0.29) is 5.91 Å². The molecule has 108 valence electrons. The number of benzene rings is 2. The Kier molecular flexibility index (Phi) is 4.02. The first-order valence-corrected chi connectivity index (χ1v) is 7.43. The van der Waals surface area contributed by atoms with Crippen molar-refractivity contribution in [1.29, 1.82) is 0 Å². The van der Waals surface area contributed by atoms with Gasteiger partial charge < -0.3 is 10.2 Å². The highest BCUT2D eigenvalue weighted by Gasteiger charge is 2.17. The van der Waals surface area contributed by atoms with E-state index in [9.17, 15) is 4.79 Å². The number of nitrogens with one attached hydrogen (secondary N) is 1. The van der Waals surface area contributed by atoms with Crippen LogP contribution in [-0.4, -0.2) is 17.4 Å². The zero-order chi connectivity index (χ0) is 14.7. The van der Waals surface area contributed by atoms with Gasteiger partial charge in [-0.3, -0.25) is 4.79 Å². The zero-order valence-electron chi connectivity index (χ0n) is 12.3. The summed E-state index contributed by atoms with van der Waals surface area (Å²) < 4.78 is 0. The third-order valence-corrected chi connectivity index (χ3v) is 3.97. The van der Waals surface area contributed by atoms with Crippen LogP contribution >= 0.6 is 0 Å². The minimum absolute atomic E-state index is 0.107. The third kappa shape index (κ3) is 2.98. The molecule has 1 N–H and O–H groups in total. The molecule has 3 rings (SSSR count). The molecule has 0 atom stereocenters. The van der Waals surface area contributed by atoms with Gasteiger partial charge in [-0.1, -0.05) is 36.4 Å². The molecule has 1 heterocycles. The maximum atomic E-state index is 12.7. The van der Waals surface area contributed by atoms with Gasteiger partial charge >= 0.3 is 0 Å². The molecule has 0 saturated carbocycles. The molecule has 3 nitrogen and oxygen atoms in total. The molecule has 0 bridgehead atoms. The van der Waals surface area contributed by atoms with Gasteiger partial charge in [0.1, 0.15) is 0 Å². The molecule has 2 aromatic carbocycles. The van der Waals surface area contributed by atoms with Crippen LogP contribution in [-0.2, 0) is 19.6 Å². The SMILES string of the molecule is CCN(Cc1ccccc1)C(=O)c1ccc2c(c1)CNC2. The van der Waals surface area contributed by atoms with Gasteiger partial charge in [0.05, 0.1) is 0 Å². The fraction of sp³-hybridized carbons (Fsp3) is 0.278. The summed E-state index contributed by atoms with van der Waals surface area (Å²) in [6.07, 6.45) is 0. The summed E-state index contributed by atoms with van der Waals surface area (Å²) in [6, 6.07) is 16.2. The molecule has 0 aromatic heterocycles. The molecule has 0 fully saturated rings. The molecule has 0 unspecified atom stereocenters. The van der Waals surface area contributed by atoms with Gasteiger partial charge in [-0.25, -0.2) is 0 Å². The number of hydrogen-bond acceptors (Lipinski definition) is 2. The van der Waals surface area contributed by atoms with Crippen molar-refractivity contribution in [3.63, 3.8) is 0 Å². The van der Waals surface area contributed by atoms with E-state index in [1.54, 1.807) is 0 Å². The number of hydrogen-bond donors (Lipinski definition) is 1. The van der Waals surface area contributed by atoms with Crippen LogP contribution in [0.25, 0.3) is 0 Å². The first kappa shape index (κ1) is 13.8. The largest absolute Gasteiger partial charge is 0.335 e. The molecule has 21 heavy (non-hydrogen) atoms. The van der Waals surface area contributed by atoms with E-state index < -0.39 is 0 Å². The minimum atomic E-state index is 0.107. The Morgan fingerprint density at radius 1 is 1.10 bits per heavy atom. The van der Waals surface area contributed by atoms with Gasteiger partial charge in [0.15, 0.2) is 0 Å². The lowest BCUT2D eigenvalue weighted by Gasteiger charge is -2.21. The molecule has 1 aliphatic rings. The Bertz CT molecular complexity index is 637. The quantitative estimate of drug-likeness (QED) is 0.934. The molecule has 0 aliphatic carbocycles. The van der Waals surface area contributed by atoms with E-state index in [1.165, 1.54) is 11.1 Å². The Balaban J connectivity index is 1.79. The standard InChI is InChI=1S/C18H20N2O/c1-2-20(13-14-6-4-3-5-7-14)18(21)15-8-9-16-11-19-12-17(16)10-15/h3-10,19H,2,11-13H2,1H3. The van der Waals surface area contributed by atoms with Crippen molar-refractivity contribution < 1.29 is 4.79 Å². The van der Waals surface area contributed by atoms with Crippen LogP contribution in [0.4, 0.5) is 0 Å². The first-order valence-electron chi connectivity index (χ1n) is 7.43. The fourth-order valence-corrected chi connectivity index (χ4v) is 2.74. The Hall–Kier alpha value is -2.13. The van der Waals surface area contributed by atoms with Crippen molar-refractivity contribution in [2.45, 2.75) is 26.6 Å². The summed E-state index contributed by atoms with van der Waals surface area (Å²) in [5.74, 6) is 0.107. The van der Waals surface area contributed by atoms with Gasteiger partial charge in [-0.05, 0) is 35.7 Å². The Morgan fingerprint density at radius 3 is 2.62 bits per heavy atom. The van der Waals surface area contributed by atoms with E-state index in [2.05, 4.69) is 23.5 Å². The van der Waals surface area contributed by atoms with E-state index in [4.69, 9.17) is 0 Å². The van der Waals surface area contributed by atoms with Crippen LogP contribution in [0.15, 0.2) is 48.5 Å². The summed E-state index contributed by atoms with van der Waals surface area (Å²) in [6.45, 7) is 5.16. The van der Waals surface area contributed by atoms with Crippen LogP contribution in [0.1, 0.15) is 34.0 Å². The number of carbonyl (C=O) groups is 1. The van der Waals surface area contributed by atoms with Gasteiger partial charge in [0.2, 0.25) is 0 Å². The predicted molar refractivity (Wildman–Crippen MR) is 83.8 cm³/mol. The second kappa shape index (κ2) is 6.10.